The molecule has 1 aromatic heterocycles. The lowest BCUT2D eigenvalue weighted by molar-refractivity contribution is -0.153. The predicted molar refractivity (Wildman–Crippen MR) is 175 cm³/mol. The van der Waals surface area contributed by atoms with Crippen molar-refractivity contribution in [2.45, 2.75) is 76.0 Å². The number of likely N-dealkylation sites (N-methyl/N-ethyl adjacent to an activating group) is 1. The van der Waals surface area contributed by atoms with E-state index in [0.717, 1.165) is 24.8 Å². The van der Waals surface area contributed by atoms with Gasteiger partial charge in [-0.3, -0.25) is 29.1 Å². The van der Waals surface area contributed by atoms with Gasteiger partial charge in [-0.15, -0.1) is 0 Å². The SMILES string of the molecule is CN(C)[C@H]1C(=O)C(C(N)=O)=C(O)[C@]2(O)C(=O)C3=C(O)c4c(O)c(CNC(=O)c5cccnc5)cc(CCC5CCCCC5)c4C[C@@H]3C[C@H]12. The van der Waals surface area contributed by atoms with Crippen LogP contribution in [0, 0.1) is 17.8 Å². The first-order valence-electron chi connectivity index (χ1n) is 16.6. The number of benzene rings is 1. The van der Waals surface area contributed by atoms with E-state index in [2.05, 4.69) is 10.3 Å². The highest BCUT2D eigenvalue weighted by Crippen LogP contribution is 2.53. The number of hydrogen-bond donors (Lipinski definition) is 6. The molecule has 0 bridgehead atoms. The van der Waals surface area contributed by atoms with Crippen molar-refractivity contribution in [2.75, 3.05) is 14.1 Å². The smallest absolute Gasteiger partial charge is 0.255 e. The van der Waals surface area contributed by atoms with Gasteiger partial charge in [-0.05, 0) is 74.9 Å². The highest BCUT2D eigenvalue weighted by molar-refractivity contribution is 6.24. The average molecular weight is 659 g/mol. The summed E-state index contributed by atoms with van der Waals surface area (Å²) in [5.41, 5.74) is 3.92. The van der Waals surface area contributed by atoms with E-state index in [4.69, 9.17) is 5.73 Å². The minimum atomic E-state index is -2.71. The number of rotatable bonds is 8. The summed E-state index contributed by atoms with van der Waals surface area (Å²) in [6.07, 6.45) is 10.6. The van der Waals surface area contributed by atoms with Crippen LogP contribution in [0.1, 0.15) is 77.6 Å². The molecule has 0 aliphatic heterocycles. The number of amides is 2. The zero-order valence-corrected chi connectivity index (χ0v) is 27.2. The van der Waals surface area contributed by atoms with Crippen LogP contribution in [0.15, 0.2) is 47.5 Å². The Balaban J connectivity index is 1.45. The lowest BCUT2D eigenvalue weighted by Crippen LogP contribution is -2.65. The fourth-order valence-electron chi connectivity index (χ4n) is 8.42. The Morgan fingerprint density at radius 2 is 1.83 bits per heavy atom. The molecule has 1 aromatic carbocycles. The van der Waals surface area contributed by atoms with Crippen LogP contribution in [-0.2, 0) is 33.8 Å². The summed E-state index contributed by atoms with van der Waals surface area (Å²) in [6.45, 7) is -0.0760. The maximum atomic E-state index is 14.3. The topological polar surface area (TPSA) is 203 Å². The van der Waals surface area contributed by atoms with Crippen LogP contribution in [-0.4, -0.2) is 79.4 Å². The number of nitrogens with two attached hydrogens (primary N) is 1. The van der Waals surface area contributed by atoms with Crippen molar-refractivity contribution in [1.82, 2.24) is 15.2 Å². The third-order valence-corrected chi connectivity index (χ3v) is 10.8. The Morgan fingerprint density at radius 3 is 2.48 bits per heavy atom. The number of aromatic hydroxyl groups is 1. The molecule has 7 N–H and O–H groups in total. The summed E-state index contributed by atoms with van der Waals surface area (Å²) in [6, 6.07) is 3.95. The van der Waals surface area contributed by atoms with Gasteiger partial charge in [-0.1, -0.05) is 38.2 Å². The van der Waals surface area contributed by atoms with Crippen molar-refractivity contribution in [1.29, 1.82) is 0 Å². The zero-order chi connectivity index (χ0) is 34.5. The lowest BCUT2D eigenvalue weighted by Gasteiger charge is -2.50. The second-order valence-corrected chi connectivity index (χ2v) is 13.8. The highest BCUT2D eigenvalue weighted by atomic mass is 16.3. The van der Waals surface area contributed by atoms with Crippen molar-refractivity contribution in [3.63, 3.8) is 0 Å². The van der Waals surface area contributed by atoms with E-state index >= 15 is 0 Å². The first-order chi connectivity index (χ1) is 22.9. The summed E-state index contributed by atoms with van der Waals surface area (Å²) in [5.74, 6) is -6.76. The van der Waals surface area contributed by atoms with Gasteiger partial charge in [0.2, 0.25) is 5.78 Å². The minimum Gasteiger partial charge on any atom is -0.508 e. The largest absolute Gasteiger partial charge is 0.508 e. The van der Waals surface area contributed by atoms with Gasteiger partial charge in [-0.25, -0.2) is 0 Å². The molecule has 48 heavy (non-hydrogen) atoms. The molecule has 2 aromatic rings. The number of nitrogens with zero attached hydrogens (tertiary/aromatic N) is 2. The number of nitrogens with one attached hydrogen (secondary N) is 1. The molecule has 0 radical (unpaired) electrons. The number of primary amides is 1. The van der Waals surface area contributed by atoms with Gasteiger partial charge in [0.1, 0.15) is 22.8 Å². The second kappa shape index (κ2) is 12.8. The average Bonchev–Trinajstić information content (AvgIpc) is 3.06. The van der Waals surface area contributed by atoms with Crippen LogP contribution in [0.2, 0.25) is 0 Å². The minimum absolute atomic E-state index is 0.0253. The van der Waals surface area contributed by atoms with Crippen molar-refractivity contribution < 1.29 is 39.6 Å². The lowest BCUT2D eigenvalue weighted by atomic mass is 9.57. The second-order valence-electron chi connectivity index (χ2n) is 13.8. The fourth-order valence-corrected chi connectivity index (χ4v) is 8.42. The number of phenolic OH excluding ortho intramolecular Hbond substituents is 1. The number of Topliss-reactive ketones (excluding diaryl/α,β-unsaturated/α-hetero) is 2. The van der Waals surface area contributed by atoms with Gasteiger partial charge in [0.25, 0.3) is 11.8 Å². The fraction of sp³-hybridized carbons (Fsp3) is 0.472. The Hall–Kier alpha value is -4.55. The van der Waals surface area contributed by atoms with Gasteiger partial charge in [0, 0.05) is 36.0 Å². The summed E-state index contributed by atoms with van der Waals surface area (Å²) in [4.78, 5) is 58.3. The summed E-state index contributed by atoms with van der Waals surface area (Å²) in [7, 11) is 3.15. The monoisotopic (exact) mass is 658 g/mol. The number of aliphatic hydroxyl groups excluding tert-OH is 2. The van der Waals surface area contributed by atoms with Gasteiger partial charge >= 0.3 is 0 Å². The predicted octanol–water partition coefficient (Wildman–Crippen LogP) is 2.80. The Kier molecular flexibility index (Phi) is 8.90. The maximum Gasteiger partial charge on any atom is 0.255 e. The molecule has 254 valence electrons. The molecule has 0 saturated heterocycles. The van der Waals surface area contributed by atoms with Crippen molar-refractivity contribution in [3.05, 3.63) is 75.3 Å². The van der Waals surface area contributed by atoms with Crippen LogP contribution in [0.5, 0.6) is 5.75 Å². The Bertz CT molecular complexity index is 1740. The van der Waals surface area contributed by atoms with E-state index in [1.807, 2.05) is 6.07 Å². The number of pyridine rings is 1. The van der Waals surface area contributed by atoms with Gasteiger partial charge in [0.05, 0.1) is 17.2 Å². The Labute approximate surface area is 278 Å². The number of ketones is 2. The molecule has 4 aliphatic carbocycles. The molecule has 2 amide bonds. The Morgan fingerprint density at radius 1 is 1.10 bits per heavy atom. The van der Waals surface area contributed by atoms with E-state index in [0.29, 0.717) is 29.0 Å². The van der Waals surface area contributed by atoms with Gasteiger partial charge in [0.15, 0.2) is 11.4 Å². The molecule has 6 rings (SSSR count). The van der Waals surface area contributed by atoms with Crippen LogP contribution in [0.25, 0.3) is 5.76 Å². The number of carbonyl (C=O) groups excluding carboxylic acids is 4. The summed E-state index contributed by atoms with van der Waals surface area (Å²) >= 11 is 0. The number of aromatic nitrogens is 1. The molecule has 2 fully saturated rings. The summed E-state index contributed by atoms with van der Waals surface area (Å²) in [5, 5.41) is 49.3. The number of phenols is 1. The quantitative estimate of drug-likeness (QED) is 0.229. The molecule has 2 saturated carbocycles. The molecule has 12 nitrogen and oxygen atoms in total. The first kappa shape index (κ1) is 33.4. The molecular formula is C36H42N4O8. The van der Waals surface area contributed by atoms with Gasteiger partial charge < -0.3 is 31.5 Å². The summed E-state index contributed by atoms with van der Waals surface area (Å²) < 4.78 is 0. The number of aryl methyl sites for hydroxylation is 1. The number of aliphatic hydroxyl groups is 3. The normalized spacial score (nSPS) is 25.9. The number of hydrogen-bond acceptors (Lipinski definition) is 10. The van der Waals surface area contributed by atoms with Crippen molar-refractivity contribution in [3.8, 4) is 5.75 Å². The van der Waals surface area contributed by atoms with Crippen LogP contribution >= 0.6 is 0 Å². The number of carbonyl (C=O) groups is 4. The third-order valence-electron chi connectivity index (χ3n) is 10.8. The maximum absolute atomic E-state index is 14.3. The molecule has 1 heterocycles. The highest BCUT2D eigenvalue weighted by Gasteiger charge is 2.64. The van der Waals surface area contributed by atoms with Crippen molar-refractivity contribution in [2.24, 2.45) is 23.5 Å². The molecule has 12 heteroatoms. The van der Waals surface area contributed by atoms with E-state index in [1.54, 1.807) is 32.4 Å². The van der Waals surface area contributed by atoms with E-state index in [1.165, 1.54) is 30.4 Å². The van der Waals surface area contributed by atoms with E-state index < -0.39 is 64.0 Å². The van der Waals surface area contributed by atoms with Gasteiger partial charge in [-0.2, -0.15) is 0 Å². The van der Waals surface area contributed by atoms with E-state index in [9.17, 15) is 39.6 Å². The van der Waals surface area contributed by atoms with Crippen molar-refractivity contribution >= 4 is 29.1 Å². The molecule has 4 aliphatic rings. The molecule has 4 atom stereocenters. The van der Waals surface area contributed by atoms with Crippen LogP contribution in [0.3, 0.4) is 0 Å². The first-order valence-corrected chi connectivity index (χ1v) is 16.6. The van der Waals surface area contributed by atoms with E-state index in [-0.39, 0.29) is 36.3 Å². The third kappa shape index (κ3) is 5.46. The standard InChI is InChI=1S/C36H42N4O8/c1-40(2)28-24-15-21-14-23-19(11-10-18-7-4-3-5-8-18)13-22(17-39-35(47)20-9-6-12-38-16-20)29(41)26(23)30(42)25(21)32(44)36(24,48)33(45)27(31(28)43)34(37)46/h6,9,12-13,16,18,21,24,28,41-42,45,48H,3-5,7-8,10-11,14-15,17H2,1-2H3,(H2,37,46)(H,39,47)/t21-,24-,28-,36-/m1/s1. The molecule has 0 spiro atoms. The zero-order valence-electron chi connectivity index (χ0n) is 27.2. The molecular weight excluding hydrogens is 616 g/mol. The number of fused-ring (bicyclic) bond motifs is 3. The van der Waals surface area contributed by atoms with Crippen LogP contribution in [0.4, 0.5) is 0 Å². The molecule has 0 unspecified atom stereocenters. The van der Waals surface area contributed by atoms with Crippen LogP contribution < -0.4 is 11.1 Å².